The molecule has 0 aliphatic carbocycles. The zero-order valence-electron chi connectivity index (χ0n) is 23.1. The molecule has 2 aliphatic rings. The van der Waals surface area contributed by atoms with Gasteiger partial charge in [-0.05, 0) is 57.1 Å². The Morgan fingerprint density at radius 1 is 1.18 bits per heavy atom. The standard InChI is InChI=1S/C29H43N5O4/c1-4-5-13-33(14-6-12-31(2)3)27(35)20-34-19-24(22-7-8-26-23(18-22)10-17-38-26)28(29(36)37)25(34)9-15-32-16-11-30-21-32/h7-8,11,16,18,21,24-25,28H,4-6,9-10,12-15,17,19-20H2,1-3H3,(H,36,37)/t24-,25+,28-/m1/s1. The van der Waals surface area contributed by atoms with E-state index in [0.29, 0.717) is 26.1 Å². The first kappa shape index (κ1) is 28.1. The molecule has 1 amide bonds. The van der Waals surface area contributed by atoms with Gasteiger partial charge in [-0.1, -0.05) is 25.5 Å². The van der Waals surface area contributed by atoms with Crippen LogP contribution in [0.25, 0.3) is 0 Å². The predicted octanol–water partition coefficient (Wildman–Crippen LogP) is 2.96. The van der Waals surface area contributed by atoms with Crippen LogP contribution in [0.15, 0.2) is 36.9 Å². The highest BCUT2D eigenvalue weighted by atomic mass is 16.5. The van der Waals surface area contributed by atoms with Crippen LogP contribution >= 0.6 is 0 Å². The molecule has 1 aromatic heterocycles. The van der Waals surface area contributed by atoms with Crippen LogP contribution in [0.2, 0.25) is 0 Å². The van der Waals surface area contributed by atoms with Crippen molar-refractivity contribution in [2.45, 2.75) is 57.5 Å². The molecule has 0 bridgehead atoms. The van der Waals surface area contributed by atoms with E-state index in [0.717, 1.165) is 62.2 Å². The van der Waals surface area contributed by atoms with E-state index in [1.165, 1.54) is 0 Å². The maximum atomic E-state index is 13.6. The Morgan fingerprint density at radius 2 is 2.00 bits per heavy atom. The Bertz CT molecular complexity index is 1060. The SMILES string of the molecule is CCCCN(CCCN(C)C)C(=O)CN1C[C@H](c2ccc3c(c2)CCO3)[C@@H](C(=O)O)[C@@H]1CCn1ccnc1. The first-order chi connectivity index (χ1) is 18.4. The highest BCUT2D eigenvalue weighted by Crippen LogP contribution is 2.41. The smallest absolute Gasteiger partial charge is 0.308 e. The number of hydrogen-bond acceptors (Lipinski definition) is 6. The fourth-order valence-corrected chi connectivity index (χ4v) is 5.89. The lowest BCUT2D eigenvalue weighted by molar-refractivity contribution is -0.144. The van der Waals surface area contributed by atoms with Crippen molar-refractivity contribution < 1.29 is 19.4 Å². The van der Waals surface area contributed by atoms with Gasteiger partial charge in [0.05, 0.1) is 25.4 Å². The fraction of sp³-hybridized carbons (Fsp3) is 0.621. The van der Waals surface area contributed by atoms with Crippen LogP contribution in [0.4, 0.5) is 0 Å². The van der Waals surface area contributed by atoms with E-state index in [9.17, 15) is 14.7 Å². The quantitative estimate of drug-likeness (QED) is 0.406. The number of fused-ring (bicyclic) bond motifs is 1. The number of nitrogens with zero attached hydrogens (tertiary/aromatic N) is 5. The minimum absolute atomic E-state index is 0.0944. The summed E-state index contributed by atoms with van der Waals surface area (Å²) >= 11 is 0. The molecule has 4 rings (SSSR count). The number of carbonyl (C=O) groups is 2. The van der Waals surface area contributed by atoms with Crippen molar-refractivity contribution in [3.8, 4) is 5.75 Å². The largest absolute Gasteiger partial charge is 0.493 e. The Hall–Kier alpha value is -2.91. The highest BCUT2D eigenvalue weighted by Gasteiger charge is 2.47. The second-order valence-corrected chi connectivity index (χ2v) is 10.9. The molecule has 3 heterocycles. The zero-order valence-corrected chi connectivity index (χ0v) is 23.1. The maximum absolute atomic E-state index is 13.6. The molecule has 1 N–H and O–H groups in total. The van der Waals surface area contributed by atoms with Gasteiger partial charge in [0.2, 0.25) is 5.91 Å². The molecule has 3 atom stereocenters. The van der Waals surface area contributed by atoms with E-state index in [1.54, 1.807) is 12.5 Å². The molecule has 0 spiro atoms. The van der Waals surface area contributed by atoms with Crippen LogP contribution in [-0.4, -0.2) is 101 Å². The molecule has 38 heavy (non-hydrogen) atoms. The number of rotatable bonds is 14. The summed E-state index contributed by atoms with van der Waals surface area (Å²) in [7, 11) is 4.09. The molecule has 0 unspecified atom stereocenters. The zero-order chi connectivity index (χ0) is 27.1. The van der Waals surface area contributed by atoms with Gasteiger partial charge in [-0.2, -0.15) is 0 Å². The molecule has 208 valence electrons. The fourth-order valence-electron chi connectivity index (χ4n) is 5.89. The predicted molar refractivity (Wildman–Crippen MR) is 146 cm³/mol. The van der Waals surface area contributed by atoms with E-state index in [-0.39, 0.29) is 24.4 Å². The number of carbonyl (C=O) groups excluding carboxylic acids is 1. The number of unbranched alkanes of at least 4 members (excludes halogenated alkanes) is 1. The summed E-state index contributed by atoms with van der Waals surface area (Å²) in [6.45, 7) is 6.66. The van der Waals surface area contributed by atoms with Gasteiger partial charge in [-0.25, -0.2) is 4.98 Å². The summed E-state index contributed by atoms with van der Waals surface area (Å²) in [4.78, 5) is 36.7. The number of carboxylic acids is 1. The Balaban J connectivity index is 1.55. The lowest BCUT2D eigenvalue weighted by atomic mass is 9.83. The number of carboxylic acid groups (broad SMARTS) is 1. The van der Waals surface area contributed by atoms with Crippen LogP contribution in [0.3, 0.4) is 0 Å². The van der Waals surface area contributed by atoms with Gasteiger partial charge in [0.25, 0.3) is 0 Å². The minimum Gasteiger partial charge on any atom is -0.493 e. The van der Waals surface area contributed by atoms with Crippen molar-refractivity contribution in [2.24, 2.45) is 5.92 Å². The number of aromatic nitrogens is 2. The molecule has 2 aliphatic heterocycles. The summed E-state index contributed by atoms with van der Waals surface area (Å²) < 4.78 is 7.66. The highest BCUT2D eigenvalue weighted by molar-refractivity contribution is 5.79. The average molecular weight is 526 g/mol. The van der Waals surface area contributed by atoms with Gasteiger partial charge in [0.1, 0.15) is 5.75 Å². The molecule has 9 heteroatoms. The van der Waals surface area contributed by atoms with Crippen molar-refractivity contribution in [1.29, 1.82) is 0 Å². The van der Waals surface area contributed by atoms with Crippen LogP contribution in [0.5, 0.6) is 5.75 Å². The van der Waals surface area contributed by atoms with E-state index in [1.807, 2.05) is 41.9 Å². The number of hydrogen-bond donors (Lipinski definition) is 1. The van der Waals surface area contributed by atoms with Crippen molar-refractivity contribution in [3.05, 3.63) is 48.0 Å². The molecule has 0 radical (unpaired) electrons. The van der Waals surface area contributed by atoms with Gasteiger partial charge in [0, 0.05) is 57.0 Å². The van der Waals surface area contributed by atoms with Crippen LogP contribution in [0.1, 0.15) is 49.7 Å². The van der Waals surface area contributed by atoms with E-state index in [2.05, 4.69) is 27.8 Å². The molecular formula is C29H43N5O4. The molecule has 1 saturated heterocycles. The molecular weight excluding hydrogens is 482 g/mol. The normalized spacial score (nSPS) is 21.0. The maximum Gasteiger partial charge on any atom is 0.308 e. The number of likely N-dealkylation sites (tertiary alicyclic amines) is 1. The van der Waals surface area contributed by atoms with Crippen LogP contribution in [0, 0.1) is 5.92 Å². The number of amides is 1. The lowest BCUT2D eigenvalue weighted by Gasteiger charge is -2.30. The van der Waals surface area contributed by atoms with Gasteiger partial charge in [-0.3, -0.25) is 14.5 Å². The first-order valence-corrected chi connectivity index (χ1v) is 14.0. The van der Waals surface area contributed by atoms with Gasteiger partial charge in [-0.15, -0.1) is 0 Å². The Kier molecular flexibility index (Phi) is 9.80. The second kappa shape index (κ2) is 13.2. The molecule has 2 aromatic rings. The number of benzene rings is 1. The topological polar surface area (TPSA) is 91.1 Å². The first-order valence-electron chi connectivity index (χ1n) is 14.0. The Morgan fingerprint density at radius 3 is 2.71 bits per heavy atom. The summed E-state index contributed by atoms with van der Waals surface area (Å²) in [5.74, 6) is -0.587. The van der Waals surface area contributed by atoms with Gasteiger partial charge < -0.3 is 24.2 Å². The number of ether oxygens (including phenoxy) is 1. The monoisotopic (exact) mass is 525 g/mol. The van der Waals surface area contributed by atoms with E-state index in [4.69, 9.17) is 4.74 Å². The molecule has 1 fully saturated rings. The van der Waals surface area contributed by atoms with E-state index < -0.39 is 11.9 Å². The number of aliphatic carboxylic acids is 1. The van der Waals surface area contributed by atoms with Crippen LogP contribution < -0.4 is 4.74 Å². The van der Waals surface area contributed by atoms with Crippen molar-refractivity contribution >= 4 is 11.9 Å². The van der Waals surface area contributed by atoms with Crippen molar-refractivity contribution in [2.75, 3.05) is 53.4 Å². The average Bonchev–Trinajstić information content (AvgIpc) is 3.64. The molecule has 9 nitrogen and oxygen atoms in total. The van der Waals surface area contributed by atoms with Gasteiger partial charge >= 0.3 is 5.97 Å². The number of aryl methyl sites for hydroxylation is 1. The third-order valence-corrected chi connectivity index (χ3v) is 7.92. The van der Waals surface area contributed by atoms with Crippen LogP contribution in [-0.2, 0) is 22.6 Å². The number of imidazole rings is 1. The summed E-state index contributed by atoms with van der Waals surface area (Å²) in [5.41, 5.74) is 2.17. The minimum atomic E-state index is -0.800. The molecule has 1 aromatic carbocycles. The van der Waals surface area contributed by atoms with Gasteiger partial charge in [0.15, 0.2) is 0 Å². The summed E-state index contributed by atoms with van der Waals surface area (Å²) in [6.07, 6.45) is 9.80. The van der Waals surface area contributed by atoms with Crippen molar-refractivity contribution in [1.82, 2.24) is 24.3 Å². The summed E-state index contributed by atoms with van der Waals surface area (Å²) in [5, 5.41) is 10.4. The third-order valence-electron chi connectivity index (χ3n) is 7.92. The Labute approximate surface area is 226 Å². The van der Waals surface area contributed by atoms with Crippen molar-refractivity contribution in [3.63, 3.8) is 0 Å². The lowest BCUT2D eigenvalue weighted by Crippen LogP contribution is -2.45. The van der Waals surface area contributed by atoms with E-state index >= 15 is 0 Å². The third kappa shape index (κ3) is 6.94. The second-order valence-electron chi connectivity index (χ2n) is 10.9. The molecule has 0 saturated carbocycles. The summed E-state index contributed by atoms with van der Waals surface area (Å²) in [6, 6.07) is 5.86.